The minimum Gasteiger partial charge on any atom is -0.382 e. The van der Waals surface area contributed by atoms with Gasteiger partial charge in [0.25, 0.3) is 0 Å². The fraction of sp³-hybridized carbons (Fsp3) is 0.455. The molecule has 15 heavy (non-hydrogen) atoms. The summed E-state index contributed by atoms with van der Waals surface area (Å²) in [7, 11) is 0. The third-order valence-corrected chi connectivity index (χ3v) is 4.42. The minimum absolute atomic E-state index is 0.702. The van der Waals surface area contributed by atoms with Crippen molar-refractivity contribution in [1.29, 1.82) is 0 Å². The number of halogens is 2. The molecule has 1 N–H and O–H groups in total. The molecule has 0 amide bonds. The van der Waals surface area contributed by atoms with Crippen LogP contribution in [0.2, 0.25) is 10.0 Å². The Balaban J connectivity index is 1.97. The van der Waals surface area contributed by atoms with Crippen LogP contribution in [0.1, 0.15) is 6.42 Å². The van der Waals surface area contributed by atoms with E-state index < -0.39 is 0 Å². The molecule has 1 saturated heterocycles. The highest BCUT2D eigenvalue weighted by Gasteiger charge is 2.15. The van der Waals surface area contributed by atoms with E-state index in [1.807, 2.05) is 30.0 Å². The summed E-state index contributed by atoms with van der Waals surface area (Å²) >= 11 is 14.1. The second-order valence-corrected chi connectivity index (χ2v) is 5.67. The van der Waals surface area contributed by atoms with E-state index in [0.29, 0.717) is 10.0 Å². The SMILES string of the molecule is Clc1cccc(Cl)c1NCC1CCSC1. The average molecular weight is 262 g/mol. The van der Waals surface area contributed by atoms with Crippen molar-refractivity contribution < 1.29 is 0 Å². The molecule has 4 heteroatoms. The van der Waals surface area contributed by atoms with E-state index in [1.54, 1.807) is 0 Å². The van der Waals surface area contributed by atoms with Crippen molar-refractivity contribution in [2.75, 3.05) is 23.4 Å². The predicted octanol–water partition coefficient (Wildman–Crippen LogP) is 4.16. The molecule has 1 atom stereocenters. The number of thioether (sulfide) groups is 1. The first-order valence-corrected chi connectivity index (χ1v) is 6.94. The van der Waals surface area contributed by atoms with Crippen molar-refractivity contribution in [2.24, 2.45) is 5.92 Å². The molecule has 1 nitrogen and oxygen atoms in total. The van der Waals surface area contributed by atoms with Crippen molar-refractivity contribution in [3.8, 4) is 0 Å². The summed E-state index contributed by atoms with van der Waals surface area (Å²) in [6.45, 7) is 0.969. The maximum absolute atomic E-state index is 6.06. The Bertz CT molecular complexity index is 317. The van der Waals surface area contributed by atoms with Crippen molar-refractivity contribution in [3.63, 3.8) is 0 Å². The number of anilines is 1. The van der Waals surface area contributed by atoms with E-state index in [2.05, 4.69) is 5.32 Å². The van der Waals surface area contributed by atoms with E-state index >= 15 is 0 Å². The summed E-state index contributed by atoms with van der Waals surface area (Å²) in [5, 5.41) is 4.75. The zero-order chi connectivity index (χ0) is 10.7. The molecule has 0 saturated carbocycles. The minimum atomic E-state index is 0.702. The molecule has 1 aromatic carbocycles. The second kappa shape index (κ2) is 5.33. The maximum Gasteiger partial charge on any atom is 0.0719 e. The first kappa shape index (κ1) is 11.4. The van der Waals surface area contributed by atoms with Crippen LogP contribution in [0.3, 0.4) is 0 Å². The van der Waals surface area contributed by atoms with E-state index in [1.165, 1.54) is 17.9 Å². The van der Waals surface area contributed by atoms with Gasteiger partial charge >= 0.3 is 0 Å². The zero-order valence-corrected chi connectivity index (χ0v) is 10.6. The quantitative estimate of drug-likeness (QED) is 0.877. The van der Waals surface area contributed by atoms with Gasteiger partial charge < -0.3 is 5.32 Å². The van der Waals surface area contributed by atoms with E-state index in [0.717, 1.165) is 18.2 Å². The van der Waals surface area contributed by atoms with Gasteiger partial charge in [0.15, 0.2) is 0 Å². The molecule has 0 radical (unpaired) electrons. The maximum atomic E-state index is 6.06. The predicted molar refractivity (Wildman–Crippen MR) is 70.4 cm³/mol. The Morgan fingerprint density at radius 3 is 2.67 bits per heavy atom. The Hall–Kier alpha value is -0.0500. The summed E-state index contributed by atoms with van der Waals surface area (Å²) in [5.74, 6) is 3.28. The monoisotopic (exact) mass is 261 g/mol. The van der Waals surface area contributed by atoms with Gasteiger partial charge in [-0.25, -0.2) is 0 Å². The zero-order valence-electron chi connectivity index (χ0n) is 8.30. The van der Waals surface area contributed by atoms with Gasteiger partial charge in [-0.2, -0.15) is 11.8 Å². The molecule has 0 spiro atoms. The van der Waals surface area contributed by atoms with Crippen LogP contribution in [0.5, 0.6) is 0 Å². The van der Waals surface area contributed by atoms with Crippen LogP contribution >= 0.6 is 35.0 Å². The number of para-hydroxylation sites is 1. The van der Waals surface area contributed by atoms with E-state index in [-0.39, 0.29) is 0 Å². The van der Waals surface area contributed by atoms with Gasteiger partial charge in [-0.3, -0.25) is 0 Å². The molecule has 1 aliphatic heterocycles. The first-order valence-electron chi connectivity index (χ1n) is 5.03. The van der Waals surface area contributed by atoms with Crippen LogP contribution < -0.4 is 5.32 Å². The fourth-order valence-electron chi connectivity index (χ4n) is 1.66. The molecule has 0 aromatic heterocycles. The average Bonchev–Trinajstić information content (AvgIpc) is 2.70. The second-order valence-electron chi connectivity index (χ2n) is 3.71. The highest BCUT2D eigenvalue weighted by molar-refractivity contribution is 7.99. The van der Waals surface area contributed by atoms with Crippen LogP contribution in [-0.4, -0.2) is 18.1 Å². The standard InChI is InChI=1S/C11H13Cl2NS/c12-9-2-1-3-10(13)11(9)14-6-8-4-5-15-7-8/h1-3,8,14H,4-7H2. The van der Waals surface area contributed by atoms with Crippen molar-refractivity contribution >= 4 is 40.7 Å². The molecule has 1 aromatic rings. The van der Waals surface area contributed by atoms with Crippen LogP contribution in [0, 0.1) is 5.92 Å². The Labute approximate surface area is 105 Å². The topological polar surface area (TPSA) is 12.0 Å². The van der Waals surface area contributed by atoms with Crippen molar-refractivity contribution in [2.45, 2.75) is 6.42 Å². The summed E-state index contributed by atoms with van der Waals surface area (Å²) in [4.78, 5) is 0. The fourth-order valence-corrected chi connectivity index (χ4v) is 3.47. The molecular formula is C11H13Cl2NS. The summed E-state index contributed by atoms with van der Waals surface area (Å²) in [5.41, 5.74) is 0.873. The third kappa shape index (κ3) is 2.96. The Morgan fingerprint density at radius 1 is 1.33 bits per heavy atom. The normalized spacial score (nSPS) is 20.5. The molecule has 1 unspecified atom stereocenters. The highest BCUT2D eigenvalue weighted by Crippen LogP contribution is 2.31. The van der Waals surface area contributed by atoms with Gasteiger partial charge in [0, 0.05) is 6.54 Å². The van der Waals surface area contributed by atoms with E-state index in [4.69, 9.17) is 23.2 Å². The van der Waals surface area contributed by atoms with Crippen LogP contribution in [0.25, 0.3) is 0 Å². The van der Waals surface area contributed by atoms with Gasteiger partial charge in [0.1, 0.15) is 0 Å². The summed E-state index contributed by atoms with van der Waals surface area (Å²) in [6, 6.07) is 5.58. The number of rotatable bonds is 3. The van der Waals surface area contributed by atoms with Gasteiger partial charge in [0.05, 0.1) is 15.7 Å². The van der Waals surface area contributed by atoms with Crippen molar-refractivity contribution in [3.05, 3.63) is 28.2 Å². The third-order valence-electron chi connectivity index (χ3n) is 2.55. The number of nitrogens with one attached hydrogen (secondary N) is 1. The van der Waals surface area contributed by atoms with E-state index in [9.17, 15) is 0 Å². The molecule has 1 aliphatic rings. The molecule has 1 fully saturated rings. The lowest BCUT2D eigenvalue weighted by atomic mass is 10.1. The van der Waals surface area contributed by atoms with Gasteiger partial charge in [-0.15, -0.1) is 0 Å². The lowest BCUT2D eigenvalue weighted by Crippen LogP contribution is -2.13. The highest BCUT2D eigenvalue weighted by atomic mass is 35.5. The Kier molecular flexibility index (Phi) is 4.06. The van der Waals surface area contributed by atoms with Gasteiger partial charge in [-0.05, 0) is 36.0 Å². The molecule has 2 rings (SSSR count). The Morgan fingerprint density at radius 2 is 2.07 bits per heavy atom. The molecule has 1 heterocycles. The number of benzene rings is 1. The van der Waals surface area contributed by atoms with Gasteiger partial charge in [-0.1, -0.05) is 29.3 Å². The van der Waals surface area contributed by atoms with Crippen LogP contribution in [-0.2, 0) is 0 Å². The molecule has 0 bridgehead atoms. The smallest absolute Gasteiger partial charge is 0.0719 e. The van der Waals surface area contributed by atoms with Gasteiger partial charge in [0.2, 0.25) is 0 Å². The van der Waals surface area contributed by atoms with Crippen LogP contribution in [0.4, 0.5) is 5.69 Å². The largest absolute Gasteiger partial charge is 0.382 e. The van der Waals surface area contributed by atoms with Crippen LogP contribution in [0.15, 0.2) is 18.2 Å². The summed E-state index contributed by atoms with van der Waals surface area (Å²) < 4.78 is 0. The molecule has 82 valence electrons. The van der Waals surface area contributed by atoms with Crippen molar-refractivity contribution in [1.82, 2.24) is 0 Å². The lowest BCUT2D eigenvalue weighted by Gasteiger charge is -2.13. The molecular weight excluding hydrogens is 249 g/mol. The summed E-state index contributed by atoms with van der Waals surface area (Å²) in [6.07, 6.45) is 1.29. The first-order chi connectivity index (χ1) is 7.27. The number of hydrogen-bond acceptors (Lipinski definition) is 2. The number of hydrogen-bond donors (Lipinski definition) is 1. The lowest BCUT2D eigenvalue weighted by molar-refractivity contribution is 0.632. The molecule has 0 aliphatic carbocycles.